The number of aryl methyl sites for hydroxylation is 1. The van der Waals surface area contributed by atoms with Gasteiger partial charge >= 0.3 is 6.03 Å². The van der Waals surface area contributed by atoms with E-state index in [0.29, 0.717) is 23.8 Å². The second-order valence-electron chi connectivity index (χ2n) is 9.50. The lowest BCUT2D eigenvalue weighted by molar-refractivity contribution is 0.0294. The molecule has 4 fully saturated rings. The summed E-state index contributed by atoms with van der Waals surface area (Å²) in [7, 11) is 2.13. The predicted octanol–water partition coefficient (Wildman–Crippen LogP) is 3.35. The molecule has 6 heteroatoms. The fraction of sp³-hybridized carbons (Fsp3) is 0.818. The van der Waals surface area contributed by atoms with Crippen LogP contribution in [0.5, 0.6) is 0 Å². The molecule has 3 aliphatic heterocycles. The molecule has 4 aliphatic rings. The largest absolute Gasteiger partial charge is 0.337 e. The minimum atomic E-state index is -0.0436. The third kappa shape index (κ3) is 4.22. The number of amides is 2. The smallest absolute Gasteiger partial charge is 0.315 e. The van der Waals surface area contributed by atoms with E-state index in [9.17, 15) is 4.79 Å². The Morgan fingerprint density at radius 1 is 1.25 bits per heavy atom. The van der Waals surface area contributed by atoms with Gasteiger partial charge in [0.2, 0.25) is 0 Å². The van der Waals surface area contributed by atoms with Gasteiger partial charge in [0.05, 0.1) is 5.69 Å². The molecule has 4 heterocycles. The van der Waals surface area contributed by atoms with Gasteiger partial charge in [-0.2, -0.15) is 5.10 Å². The molecule has 1 aromatic rings. The molecule has 1 saturated carbocycles. The quantitative estimate of drug-likeness (QED) is 0.814. The highest BCUT2D eigenvalue weighted by atomic mass is 16.2. The van der Waals surface area contributed by atoms with E-state index in [1.54, 1.807) is 0 Å². The molecular weight excluding hydrogens is 350 g/mol. The normalized spacial score (nSPS) is 30.6. The van der Waals surface area contributed by atoms with Crippen molar-refractivity contribution in [3.8, 4) is 0 Å². The average molecular weight is 388 g/mol. The lowest BCUT2D eigenvalue weighted by Crippen LogP contribution is -2.57. The number of aromatic nitrogens is 2. The van der Waals surface area contributed by atoms with Crippen molar-refractivity contribution in [3.05, 3.63) is 17.5 Å². The maximum Gasteiger partial charge on any atom is 0.315 e. The maximum atomic E-state index is 11.9. The van der Waals surface area contributed by atoms with Gasteiger partial charge in [-0.15, -0.1) is 0 Å². The zero-order valence-corrected chi connectivity index (χ0v) is 17.8. The molecule has 1 aliphatic carbocycles. The zero-order chi connectivity index (χ0) is 19.7. The molecule has 1 aromatic heterocycles. The number of carbonyl (C=O) groups is 1. The predicted molar refractivity (Wildman–Crippen MR) is 112 cm³/mol. The van der Waals surface area contributed by atoms with Crippen molar-refractivity contribution in [3.63, 3.8) is 0 Å². The van der Waals surface area contributed by atoms with Crippen LogP contribution in [-0.2, 0) is 7.05 Å². The Bertz CT molecular complexity index is 678. The third-order valence-electron chi connectivity index (χ3n) is 7.13. The SMILES string of the molecule is CC(C)NC(=O)NC[C@@H]1C[C@H]2CCN1C[C@@H]2c1cc(C2CCCCC2)nn1C. The number of piperidine rings is 3. The minimum absolute atomic E-state index is 0.0436. The van der Waals surface area contributed by atoms with Crippen LogP contribution < -0.4 is 10.6 Å². The van der Waals surface area contributed by atoms with E-state index >= 15 is 0 Å². The molecular formula is C22H37N5O. The van der Waals surface area contributed by atoms with Crippen molar-refractivity contribution >= 4 is 6.03 Å². The summed E-state index contributed by atoms with van der Waals surface area (Å²) in [5.74, 6) is 1.97. The molecule has 4 atom stereocenters. The number of hydrogen-bond donors (Lipinski definition) is 2. The van der Waals surface area contributed by atoms with E-state index in [-0.39, 0.29) is 12.1 Å². The third-order valence-corrected chi connectivity index (χ3v) is 7.13. The summed E-state index contributed by atoms with van der Waals surface area (Å²) >= 11 is 0. The first-order valence-corrected chi connectivity index (χ1v) is 11.3. The van der Waals surface area contributed by atoms with Gasteiger partial charge in [-0.05, 0) is 58.1 Å². The van der Waals surface area contributed by atoms with Gasteiger partial charge in [0.15, 0.2) is 0 Å². The fourth-order valence-corrected chi connectivity index (χ4v) is 5.66. The van der Waals surface area contributed by atoms with Gasteiger partial charge < -0.3 is 10.6 Å². The Kier molecular flexibility index (Phi) is 5.95. The standard InChI is InChI=1S/C22H37N5O/c1-15(2)24-22(28)23-13-18-11-17-9-10-27(18)14-19(17)21-12-20(25-26(21)3)16-7-5-4-6-8-16/h12,15-19H,4-11,13-14H2,1-3H3,(H2,23,24,28)/t17-,18+,19+/m1/s1. The highest BCUT2D eigenvalue weighted by Gasteiger charge is 2.42. The van der Waals surface area contributed by atoms with Crippen molar-refractivity contribution in [2.24, 2.45) is 13.0 Å². The van der Waals surface area contributed by atoms with Gasteiger partial charge in [0, 0.05) is 49.8 Å². The Hall–Kier alpha value is -1.56. The van der Waals surface area contributed by atoms with E-state index < -0.39 is 0 Å². The van der Waals surface area contributed by atoms with Crippen molar-refractivity contribution in [1.29, 1.82) is 0 Å². The molecule has 0 spiro atoms. The van der Waals surface area contributed by atoms with Crippen molar-refractivity contribution in [2.45, 2.75) is 82.7 Å². The summed E-state index contributed by atoms with van der Waals surface area (Å²) in [5.41, 5.74) is 2.76. The van der Waals surface area contributed by atoms with E-state index in [4.69, 9.17) is 5.10 Å². The molecule has 0 radical (unpaired) electrons. The molecule has 2 bridgehead atoms. The molecule has 2 amide bonds. The summed E-state index contributed by atoms with van der Waals surface area (Å²) in [6.45, 7) is 7.00. The summed E-state index contributed by atoms with van der Waals surface area (Å²) in [4.78, 5) is 14.5. The summed E-state index contributed by atoms with van der Waals surface area (Å²) in [6.07, 6.45) is 9.16. The van der Waals surface area contributed by atoms with Gasteiger partial charge in [-0.1, -0.05) is 19.3 Å². The Morgan fingerprint density at radius 3 is 2.71 bits per heavy atom. The number of nitrogens with one attached hydrogen (secondary N) is 2. The zero-order valence-electron chi connectivity index (χ0n) is 17.8. The van der Waals surface area contributed by atoms with Crippen LogP contribution in [0.4, 0.5) is 4.79 Å². The number of hydrogen-bond acceptors (Lipinski definition) is 3. The van der Waals surface area contributed by atoms with Crippen LogP contribution in [0.1, 0.15) is 82.0 Å². The molecule has 0 aromatic carbocycles. The molecule has 28 heavy (non-hydrogen) atoms. The van der Waals surface area contributed by atoms with Crippen LogP contribution in [0.2, 0.25) is 0 Å². The minimum Gasteiger partial charge on any atom is -0.337 e. The van der Waals surface area contributed by atoms with Gasteiger partial charge in [-0.25, -0.2) is 4.79 Å². The number of nitrogens with zero attached hydrogens (tertiary/aromatic N) is 3. The van der Waals surface area contributed by atoms with Crippen LogP contribution in [0, 0.1) is 5.92 Å². The molecule has 1 unspecified atom stereocenters. The van der Waals surface area contributed by atoms with E-state index in [1.807, 2.05) is 13.8 Å². The lowest BCUT2D eigenvalue weighted by atomic mass is 9.74. The number of fused-ring (bicyclic) bond motifs is 3. The van der Waals surface area contributed by atoms with Crippen LogP contribution in [0.3, 0.4) is 0 Å². The highest BCUT2D eigenvalue weighted by Crippen LogP contribution is 2.42. The second-order valence-corrected chi connectivity index (χ2v) is 9.50. The summed E-state index contributed by atoms with van der Waals surface area (Å²) < 4.78 is 2.17. The first-order chi connectivity index (χ1) is 13.5. The molecule has 156 valence electrons. The van der Waals surface area contributed by atoms with Crippen LogP contribution in [0.15, 0.2) is 6.07 Å². The summed E-state index contributed by atoms with van der Waals surface area (Å²) in [6, 6.07) is 3.03. The second kappa shape index (κ2) is 8.44. The topological polar surface area (TPSA) is 62.2 Å². The molecule has 3 saturated heterocycles. The summed E-state index contributed by atoms with van der Waals surface area (Å²) in [5, 5.41) is 10.9. The van der Waals surface area contributed by atoms with E-state index in [0.717, 1.165) is 19.6 Å². The van der Waals surface area contributed by atoms with Crippen molar-refractivity contribution in [2.75, 3.05) is 19.6 Å². The number of rotatable bonds is 5. The monoisotopic (exact) mass is 387 g/mol. The van der Waals surface area contributed by atoms with Gasteiger partial charge in [0.25, 0.3) is 0 Å². The molecule has 5 rings (SSSR count). The first kappa shape index (κ1) is 19.7. The van der Waals surface area contributed by atoms with Crippen LogP contribution >= 0.6 is 0 Å². The Labute approximate surface area is 169 Å². The maximum absolute atomic E-state index is 11.9. The van der Waals surface area contributed by atoms with E-state index in [1.165, 1.54) is 56.3 Å². The first-order valence-electron chi connectivity index (χ1n) is 11.3. The molecule has 2 N–H and O–H groups in total. The molecule has 6 nitrogen and oxygen atoms in total. The number of carbonyl (C=O) groups excluding carboxylic acids is 1. The Balaban J connectivity index is 1.38. The van der Waals surface area contributed by atoms with Crippen LogP contribution in [0.25, 0.3) is 0 Å². The highest BCUT2D eigenvalue weighted by molar-refractivity contribution is 5.74. The van der Waals surface area contributed by atoms with Crippen molar-refractivity contribution < 1.29 is 4.79 Å². The Morgan fingerprint density at radius 2 is 2.04 bits per heavy atom. The van der Waals surface area contributed by atoms with Crippen LogP contribution in [-0.4, -0.2) is 52.4 Å². The number of urea groups is 1. The van der Waals surface area contributed by atoms with E-state index in [2.05, 4.69) is 33.3 Å². The lowest BCUT2D eigenvalue weighted by Gasteiger charge is -2.50. The van der Waals surface area contributed by atoms with Gasteiger partial charge in [0.1, 0.15) is 0 Å². The van der Waals surface area contributed by atoms with Crippen molar-refractivity contribution in [1.82, 2.24) is 25.3 Å². The fourth-order valence-electron chi connectivity index (χ4n) is 5.66. The van der Waals surface area contributed by atoms with Gasteiger partial charge in [-0.3, -0.25) is 9.58 Å². The average Bonchev–Trinajstić information content (AvgIpc) is 3.08.